The zero-order valence-corrected chi connectivity index (χ0v) is 12.7. The summed E-state index contributed by atoms with van der Waals surface area (Å²) in [5.41, 5.74) is 6.60. The number of rotatable bonds is 4. The number of primary amides is 1. The van der Waals surface area contributed by atoms with Gasteiger partial charge in [0.2, 0.25) is 0 Å². The standard InChI is InChI=1S/C16H13ClFNO4/c17-11-1-2-14(13(5-11)16(19)20)22-7-10-4-12(18)3-9-6-21-8-23-15(9)10/h1-5H,6-8H2,(H2,19,20). The SMILES string of the molecule is NC(=O)c1cc(Cl)ccc1OCc1cc(F)cc2c1OCOC2. The molecule has 0 radical (unpaired) electrons. The second kappa shape index (κ2) is 6.44. The molecule has 0 atom stereocenters. The molecule has 0 saturated carbocycles. The van der Waals surface area contributed by atoms with Crippen molar-refractivity contribution >= 4 is 17.5 Å². The zero-order chi connectivity index (χ0) is 16.4. The molecule has 1 amide bonds. The van der Waals surface area contributed by atoms with Crippen LogP contribution in [-0.2, 0) is 18.0 Å². The molecule has 0 aliphatic carbocycles. The van der Waals surface area contributed by atoms with Crippen LogP contribution in [0.15, 0.2) is 30.3 Å². The maximum atomic E-state index is 13.7. The second-order valence-electron chi connectivity index (χ2n) is 4.96. The Morgan fingerprint density at radius 3 is 2.96 bits per heavy atom. The molecule has 0 aromatic heterocycles. The number of carbonyl (C=O) groups excluding carboxylic acids is 1. The van der Waals surface area contributed by atoms with Crippen LogP contribution in [0.3, 0.4) is 0 Å². The van der Waals surface area contributed by atoms with Crippen molar-refractivity contribution < 1.29 is 23.4 Å². The highest BCUT2D eigenvalue weighted by Crippen LogP contribution is 2.31. The van der Waals surface area contributed by atoms with Gasteiger partial charge >= 0.3 is 0 Å². The third-order valence-electron chi connectivity index (χ3n) is 3.34. The summed E-state index contributed by atoms with van der Waals surface area (Å²) in [6.07, 6.45) is 0. The number of ether oxygens (including phenoxy) is 3. The van der Waals surface area contributed by atoms with Crippen LogP contribution in [0.5, 0.6) is 11.5 Å². The molecular formula is C16H13ClFNO4. The number of hydrogen-bond donors (Lipinski definition) is 1. The molecule has 0 unspecified atom stereocenters. The summed E-state index contributed by atoms with van der Waals surface area (Å²) in [5.74, 6) is -0.268. The van der Waals surface area contributed by atoms with Crippen molar-refractivity contribution in [3.63, 3.8) is 0 Å². The molecule has 0 spiro atoms. The third kappa shape index (κ3) is 3.38. The molecule has 0 bridgehead atoms. The van der Waals surface area contributed by atoms with Crippen molar-refractivity contribution in [3.8, 4) is 11.5 Å². The average molecular weight is 338 g/mol. The Kier molecular flexibility index (Phi) is 4.36. The quantitative estimate of drug-likeness (QED) is 0.931. The Hall–Kier alpha value is -2.31. The Morgan fingerprint density at radius 1 is 1.35 bits per heavy atom. The van der Waals surface area contributed by atoms with Crippen LogP contribution < -0.4 is 15.2 Å². The molecule has 120 valence electrons. The normalized spacial score (nSPS) is 13.1. The molecule has 2 N–H and O–H groups in total. The number of halogens is 2. The van der Waals surface area contributed by atoms with Gasteiger partial charge in [-0.3, -0.25) is 4.79 Å². The Balaban J connectivity index is 1.87. The monoisotopic (exact) mass is 337 g/mol. The minimum atomic E-state index is -0.659. The van der Waals surface area contributed by atoms with E-state index in [2.05, 4.69) is 0 Å². The van der Waals surface area contributed by atoms with E-state index >= 15 is 0 Å². The smallest absolute Gasteiger partial charge is 0.252 e. The Bertz CT molecular complexity index is 766. The minimum Gasteiger partial charge on any atom is -0.488 e. The van der Waals surface area contributed by atoms with Crippen LogP contribution in [0.25, 0.3) is 0 Å². The van der Waals surface area contributed by atoms with E-state index in [-0.39, 0.29) is 31.3 Å². The van der Waals surface area contributed by atoms with Crippen LogP contribution in [0, 0.1) is 5.82 Å². The average Bonchev–Trinajstić information content (AvgIpc) is 2.53. The fourth-order valence-electron chi connectivity index (χ4n) is 2.34. The molecule has 5 nitrogen and oxygen atoms in total. The van der Waals surface area contributed by atoms with Crippen molar-refractivity contribution in [2.24, 2.45) is 5.73 Å². The highest BCUT2D eigenvalue weighted by Gasteiger charge is 2.18. The van der Waals surface area contributed by atoms with Crippen molar-refractivity contribution in [2.45, 2.75) is 13.2 Å². The topological polar surface area (TPSA) is 70.8 Å². The van der Waals surface area contributed by atoms with Gasteiger partial charge in [0.25, 0.3) is 5.91 Å². The van der Waals surface area contributed by atoms with Gasteiger partial charge in [0.1, 0.15) is 23.9 Å². The van der Waals surface area contributed by atoms with Crippen molar-refractivity contribution in [1.29, 1.82) is 0 Å². The van der Waals surface area contributed by atoms with E-state index in [1.54, 1.807) is 6.07 Å². The summed E-state index contributed by atoms with van der Waals surface area (Å²) in [7, 11) is 0. The number of fused-ring (bicyclic) bond motifs is 1. The van der Waals surface area contributed by atoms with Crippen LogP contribution in [0.2, 0.25) is 5.02 Å². The molecule has 23 heavy (non-hydrogen) atoms. The molecule has 0 fully saturated rings. The van der Waals surface area contributed by atoms with Gasteiger partial charge in [-0.25, -0.2) is 4.39 Å². The number of nitrogens with two attached hydrogens (primary N) is 1. The van der Waals surface area contributed by atoms with Crippen LogP contribution in [0.4, 0.5) is 4.39 Å². The first-order valence-electron chi connectivity index (χ1n) is 6.78. The Labute approximate surface area is 136 Å². The van der Waals surface area contributed by atoms with Gasteiger partial charge in [-0.05, 0) is 30.3 Å². The van der Waals surface area contributed by atoms with Gasteiger partial charge in [-0.15, -0.1) is 0 Å². The molecule has 2 aromatic rings. The van der Waals surface area contributed by atoms with Gasteiger partial charge in [0.15, 0.2) is 6.79 Å². The van der Waals surface area contributed by atoms with E-state index in [0.717, 1.165) is 0 Å². The van der Waals surface area contributed by atoms with Gasteiger partial charge in [-0.2, -0.15) is 0 Å². The summed E-state index contributed by atoms with van der Waals surface area (Å²) in [6.45, 7) is 0.384. The maximum Gasteiger partial charge on any atom is 0.252 e. The lowest BCUT2D eigenvalue weighted by Crippen LogP contribution is -2.15. The van der Waals surface area contributed by atoms with Crippen LogP contribution >= 0.6 is 11.6 Å². The van der Waals surface area contributed by atoms with E-state index in [4.69, 9.17) is 31.5 Å². The van der Waals surface area contributed by atoms with Crippen LogP contribution in [-0.4, -0.2) is 12.7 Å². The van der Waals surface area contributed by atoms with E-state index in [9.17, 15) is 9.18 Å². The maximum absolute atomic E-state index is 13.7. The summed E-state index contributed by atoms with van der Waals surface area (Å²) < 4.78 is 29.8. The van der Waals surface area contributed by atoms with Crippen molar-refractivity contribution in [2.75, 3.05) is 6.79 Å². The fourth-order valence-corrected chi connectivity index (χ4v) is 2.51. The first-order valence-corrected chi connectivity index (χ1v) is 7.16. The van der Waals surface area contributed by atoms with Gasteiger partial charge < -0.3 is 19.9 Å². The highest BCUT2D eigenvalue weighted by molar-refractivity contribution is 6.31. The summed E-state index contributed by atoms with van der Waals surface area (Å²) in [6, 6.07) is 7.22. The molecule has 2 aromatic carbocycles. The lowest BCUT2D eigenvalue weighted by molar-refractivity contribution is -0.0178. The summed E-state index contributed by atoms with van der Waals surface area (Å²) in [5, 5.41) is 0.370. The highest BCUT2D eigenvalue weighted by atomic mass is 35.5. The van der Waals surface area contributed by atoms with Crippen molar-refractivity contribution in [1.82, 2.24) is 0 Å². The molecular weight excluding hydrogens is 325 g/mol. The second-order valence-corrected chi connectivity index (χ2v) is 5.39. The van der Waals surface area contributed by atoms with Gasteiger partial charge in [0.05, 0.1) is 12.2 Å². The molecule has 7 heteroatoms. The number of amides is 1. The Morgan fingerprint density at radius 2 is 2.17 bits per heavy atom. The molecule has 1 aliphatic rings. The van der Waals surface area contributed by atoms with Gasteiger partial charge in [-0.1, -0.05) is 11.6 Å². The largest absolute Gasteiger partial charge is 0.488 e. The number of carbonyl (C=O) groups is 1. The van der Waals surface area contributed by atoms with Crippen molar-refractivity contribution in [3.05, 3.63) is 57.9 Å². The molecule has 0 saturated heterocycles. The summed E-state index contributed by atoms with van der Waals surface area (Å²) in [4.78, 5) is 11.5. The fraction of sp³-hybridized carbons (Fsp3) is 0.188. The predicted molar refractivity (Wildman–Crippen MR) is 81.0 cm³/mol. The zero-order valence-electron chi connectivity index (χ0n) is 12.0. The third-order valence-corrected chi connectivity index (χ3v) is 3.58. The molecule has 3 rings (SSSR count). The van der Waals surface area contributed by atoms with Gasteiger partial charge in [0, 0.05) is 16.1 Å². The minimum absolute atomic E-state index is 0.0159. The van der Waals surface area contributed by atoms with E-state index in [1.807, 2.05) is 0 Å². The molecule has 1 heterocycles. The predicted octanol–water partition coefficient (Wildman–Crippen LogP) is 3.02. The summed E-state index contributed by atoms with van der Waals surface area (Å²) >= 11 is 5.85. The first kappa shape index (κ1) is 15.6. The number of hydrogen-bond acceptors (Lipinski definition) is 4. The first-order chi connectivity index (χ1) is 11.0. The van der Waals surface area contributed by atoms with Crippen LogP contribution in [0.1, 0.15) is 21.5 Å². The lowest BCUT2D eigenvalue weighted by Gasteiger charge is -2.21. The van der Waals surface area contributed by atoms with E-state index in [1.165, 1.54) is 24.3 Å². The van der Waals surface area contributed by atoms with E-state index in [0.29, 0.717) is 21.9 Å². The lowest BCUT2D eigenvalue weighted by atomic mass is 10.1. The molecule has 1 aliphatic heterocycles. The van der Waals surface area contributed by atoms with E-state index < -0.39 is 11.7 Å². The number of benzene rings is 2.